The first-order valence-corrected chi connectivity index (χ1v) is 10.6. The lowest BCUT2D eigenvalue weighted by molar-refractivity contribution is 0.140. The number of rotatable bonds is 5. The van der Waals surface area contributed by atoms with Crippen molar-refractivity contribution < 1.29 is 0 Å². The summed E-state index contributed by atoms with van der Waals surface area (Å²) in [6.45, 7) is 14.9. The molecule has 25 heavy (non-hydrogen) atoms. The number of hydrogen-bond donors (Lipinski definition) is 1. The third-order valence-electron chi connectivity index (χ3n) is 6.33. The molecule has 0 radical (unpaired) electrons. The van der Waals surface area contributed by atoms with Crippen LogP contribution >= 0.6 is 0 Å². The Balaban J connectivity index is 1.49. The second kappa shape index (κ2) is 9.22. The molecule has 0 aromatic rings. The van der Waals surface area contributed by atoms with Crippen LogP contribution in [0.1, 0.15) is 39.5 Å². The van der Waals surface area contributed by atoms with Gasteiger partial charge in [-0.15, -0.1) is 0 Å². The van der Waals surface area contributed by atoms with Gasteiger partial charge in [0.25, 0.3) is 0 Å². The highest BCUT2D eigenvalue weighted by Gasteiger charge is 2.35. The van der Waals surface area contributed by atoms with Crippen molar-refractivity contribution in [2.45, 2.75) is 39.5 Å². The summed E-state index contributed by atoms with van der Waals surface area (Å²) in [5.41, 5.74) is 0. The number of piperazine rings is 1. The zero-order chi connectivity index (χ0) is 17.6. The summed E-state index contributed by atoms with van der Waals surface area (Å²) in [5, 5.41) is 3.55. The Hall–Kier alpha value is -0.810. The Morgan fingerprint density at radius 2 is 1.72 bits per heavy atom. The van der Waals surface area contributed by atoms with Gasteiger partial charge in [0.2, 0.25) is 0 Å². The molecule has 2 aliphatic heterocycles. The standard InChI is InChI=1S/C20H39N5/c1-4-21-20(25-15-18-7-5-6-8-19(18)16-25)22-13-17(2)14-24-11-9-23(3)10-12-24/h17-19H,4-16H2,1-3H3,(H,21,22). The molecule has 0 aromatic carbocycles. The van der Waals surface area contributed by atoms with Crippen LogP contribution in [0.2, 0.25) is 0 Å². The van der Waals surface area contributed by atoms with Gasteiger partial charge in [-0.05, 0) is 44.6 Å². The van der Waals surface area contributed by atoms with Crippen LogP contribution < -0.4 is 5.32 Å². The van der Waals surface area contributed by atoms with Gasteiger partial charge in [0, 0.05) is 58.9 Å². The molecule has 5 nitrogen and oxygen atoms in total. The molecule has 0 amide bonds. The van der Waals surface area contributed by atoms with E-state index >= 15 is 0 Å². The maximum atomic E-state index is 5.03. The van der Waals surface area contributed by atoms with Gasteiger partial charge in [-0.1, -0.05) is 19.8 Å². The van der Waals surface area contributed by atoms with Crippen LogP contribution in [0.15, 0.2) is 4.99 Å². The monoisotopic (exact) mass is 349 g/mol. The Labute approximate surface area is 154 Å². The van der Waals surface area contributed by atoms with Crippen molar-refractivity contribution in [1.29, 1.82) is 0 Å². The maximum absolute atomic E-state index is 5.03. The number of hydrogen-bond acceptors (Lipinski definition) is 3. The number of aliphatic imine (C=N–C) groups is 1. The number of likely N-dealkylation sites (tertiary alicyclic amines) is 1. The topological polar surface area (TPSA) is 34.1 Å². The third-order valence-corrected chi connectivity index (χ3v) is 6.33. The third kappa shape index (κ3) is 5.33. The Morgan fingerprint density at radius 3 is 2.32 bits per heavy atom. The zero-order valence-electron chi connectivity index (χ0n) is 16.7. The summed E-state index contributed by atoms with van der Waals surface area (Å²) in [4.78, 5) is 12.6. The maximum Gasteiger partial charge on any atom is 0.193 e. The van der Waals surface area contributed by atoms with E-state index in [0.717, 1.165) is 24.9 Å². The minimum absolute atomic E-state index is 0.627. The van der Waals surface area contributed by atoms with Crippen LogP contribution in [0.25, 0.3) is 0 Å². The van der Waals surface area contributed by atoms with Gasteiger partial charge in [-0.3, -0.25) is 4.99 Å². The summed E-state index contributed by atoms with van der Waals surface area (Å²) in [6.07, 6.45) is 5.73. The van der Waals surface area contributed by atoms with Crippen molar-refractivity contribution in [3.63, 3.8) is 0 Å². The van der Waals surface area contributed by atoms with Gasteiger partial charge in [0.15, 0.2) is 5.96 Å². The highest BCUT2D eigenvalue weighted by molar-refractivity contribution is 5.80. The van der Waals surface area contributed by atoms with Crippen LogP contribution in [-0.2, 0) is 0 Å². The fourth-order valence-corrected chi connectivity index (χ4v) is 4.78. The molecule has 0 aromatic heterocycles. The van der Waals surface area contributed by atoms with Gasteiger partial charge in [0.1, 0.15) is 0 Å². The SMILES string of the molecule is CCNC(=NCC(C)CN1CCN(C)CC1)N1CC2CCCCC2C1. The molecule has 3 atom stereocenters. The Morgan fingerprint density at radius 1 is 1.08 bits per heavy atom. The fraction of sp³-hybridized carbons (Fsp3) is 0.950. The van der Waals surface area contributed by atoms with Gasteiger partial charge < -0.3 is 20.0 Å². The van der Waals surface area contributed by atoms with Gasteiger partial charge >= 0.3 is 0 Å². The molecule has 3 rings (SSSR count). The largest absolute Gasteiger partial charge is 0.357 e. The van der Waals surface area contributed by atoms with E-state index in [1.165, 1.54) is 77.5 Å². The summed E-state index contributed by atoms with van der Waals surface area (Å²) < 4.78 is 0. The smallest absolute Gasteiger partial charge is 0.193 e. The molecular weight excluding hydrogens is 310 g/mol. The Kier molecular flexibility index (Phi) is 7.00. The summed E-state index contributed by atoms with van der Waals surface area (Å²) in [6, 6.07) is 0. The quantitative estimate of drug-likeness (QED) is 0.608. The van der Waals surface area contributed by atoms with E-state index in [9.17, 15) is 0 Å². The number of likely N-dealkylation sites (N-methyl/N-ethyl adjacent to an activating group) is 1. The molecule has 144 valence electrons. The molecule has 0 spiro atoms. The van der Waals surface area contributed by atoms with Crippen molar-refractivity contribution in [1.82, 2.24) is 20.0 Å². The molecule has 3 aliphatic rings. The predicted molar refractivity (Wildman–Crippen MR) is 106 cm³/mol. The van der Waals surface area contributed by atoms with Crippen LogP contribution in [0, 0.1) is 17.8 Å². The average Bonchev–Trinajstić information content (AvgIpc) is 3.04. The summed E-state index contributed by atoms with van der Waals surface area (Å²) >= 11 is 0. The van der Waals surface area contributed by atoms with Crippen molar-refractivity contribution in [3.05, 3.63) is 0 Å². The molecule has 2 heterocycles. The van der Waals surface area contributed by atoms with Gasteiger partial charge in [0.05, 0.1) is 0 Å². The van der Waals surface area contributed by atoms with Crippen LogP contribution in [0.4, 0.5) is 0 Å². The van der Waals surface area contributed by atoms with E-state index in [1.807, 2.05) is 0 Å². The van der Waals surface area contributed by atoms with Crippen LogP contribution in [0.3, 0.4) is 0 Å². The van der Waals surface area contributed by atoms with E-state index in [4.69, 9.17) is 4.99 Å². The van der Waals surface area contributed by atoms with Crippen molar-refractivity contribution in [3.8, 4) is 0 Å². The number of guanidine groups is 1. The van der Waals surface area contributed by atoms with Crippen molar-refractivity contribution in [2.75, 3.05) is 66.0 Å². The lowest BCUT2D eigenvalue weighted by Crippen LogP contribution is -2.46. The van der Waals surface area contributed by atoms with E-state index in [0.29, 0.717) is 5.92 Å². The first-order valence-electron chi connectivity index (χ1n) is 10.6. The van der Waals surface area contributed by atoms with E-state index in [2.05, 4.69) is 40.9 Å². The fourth-order valence-electron chi connectivity index (χ4n) is 4.78. The average molecular weight is 350 g/mol. The first kappa shape index (κ1) is 19.0. The lowest BCUT2D eigenvalue weighted by Gasteiger charge is -2.33. The summed E-state index contributed by atoms with van der Waals surface area (Å²) in [5.74, 6) is 3.63. The predicted octanol–water partition coefficient (Wildman–Crippen LogP) is 1.96. The second-order valence-corrected chi connectivity index (χ2v) is 8.61. The molecule has 1 aliphatic carbocycles. The van der Waals surface area contributed by atoms with E-state index in [-0.39, 0.29) is 0 Å². The van der Waals surface area contributed by atoms with E-state index < -0.39 is 0 Å². The minimum Gasteiger partial charge on any atom is -0.357 e. The van der Waals surface area contributed by atoms with E-state index in [1.54, 1.807) is 0 Å². The molecule has 3 fully saturated rings. The molecule has 1 saturated carbocycles. The number of nitrogens with one attached hydrogen (secondary N) is 1. The minimum atomic E-state index is 0.627. The van der Waals surface area contributed by atoms with Gasteiger partial charge in [-0.2, -0.15) is 0 Å². The zero-order valence-corrected chi connectivity index (χ0v) is 16.7. The first-order chi connectivity index (χ1) is 12.2. The summed E-state index contributed by atoms with van der Waals surface area (Å²) in [7, 11) is 2.22. The number of nitrogens with zero attached hydrogens (tertiary/aromatic N) is 4. The molecule has 5 heteroatoms. The molecule has 1 N–H and O–H groups in total. The van der Waals surface area contributed by atoms with Crippen molar-refractivity contribution in [2.24, 2.45) is 22.7 Å². The van der Waals surface area contributed by atoms with Crippen LogP contribution in [-0.4, -0.2) is 86.6 Å². The molecule has 0 bridgehead atoms. The van der Waals surface area contributed by atoms with Crippen LogP contribution in [0.5, 0.6) is 0 Å². The lowest BCUT2D eigenvalue weighted by atomic mass is 9.82. The second-order valence-electron chi connectivity index (χ2n) is 8.61. The van der Waals surface area contributed by atoms with Gasteiger partial charge in [-0.25, -0.2) is 0 Å². The van der Waals surface area contributed by atoms with Crippen molar-refractivity contribution >= 4 is 5.96 Å². The normalized spacial score (nSPS) is 30.4. The molecular formula is C20H39N5. The highest BCUT2D eigenvalue weighted by atomic mass is 15.3. The molecule has 2 saturated heterocycles. The highest BCUT2D eigenvalue weighted by Crippen LogP contribution is 2.35. The number of fused-ring (bicyclic) bond motifs is 1. The molecule has 3 unspecified atom stereocenters. The Bertz CT molecular complexity index is 416.